The highest BCUT2D eigenvalue weighted by Gasteiger charge is 2.25. The highest BCUT2D eigenvalue weighted by molar-refractivity contribution is 7.99. The zero-order valence-electron chi connectivity index (χ0n) is 15.5. The third-order valence-electron chi connectivity index (χ3n) is 4.80. The lowest BCUT2D eigenvalue weighted by Gasteiger charge is -2.09. The Labute approximate surface area is 171 Å². The second-order valence-corrected chi connectivity index (χ2v) is 7.48. The minimum Gasteiger partial charge on any atom is -0.495 e. The number of ether oxygens (including phenoxy) is 1. The summed E-state index contributed by atoms with van der Waals surface area (Å²) in [6.45, 7) is 0. The van der Waals surface area contributed by atoms with Crippen molar-refractivity contribution < 1.29 is 9.53 Å². The second-order valence-electron chi connectivity index (χ2n) is 6.54. The largest absolute Gasteiger partial charge is 0.495 e. The number of aromatic nitrogens is 3. The van der Waals surface area contributed by atoms with E-state index in [1.807, 2.05) is 30.3 Å². The number of rotatable bonds is 5. The van der Waals surface area contributed by atoms with Gasteiger partial charge in [0.2, 0.25) is 11.1 Å². The molecule has 0 bridgehead atoms. The molecule has 142 valence electrons. The molecule has 1 aliphatic carbocycles. The fraction of sp³-hybridized carbons (Fsp3) is 0.0909. The molecule has 0 saturated heterocycles. The quantitative estimate of drug-likeness (QED) is 0.440. The van der Waals surface area contributed by atoms with E-state index in [0.29, 0.717) is 16.6 Å². The Balaban J connectivity index is 1.36. The van der Waals surface area contributed by atoms with Gasteiger partial charge in [0.05, 0.1) is 18.6 Å². The number of nitrogens with one attached hydrogen (secondary N) is 1. The summed E-state index contributed by atoms with van der Waals surface area (Å²) in [6, 6.07) is 19.6. The number of benzene rings is 3. The van der Waals surface area contributed by atoms with Gasteiger partial charge in [-0.15, -0.1) is 10.2 Å². The standard InChI is InChI=1S/C22H16N4O2S/c1-28-17-11-3-2-10-16(17)23-18(27)12-29-22-24-20-14-8-4-6-13-7-5-9-15(19(13)14)21(20)25-26-22/h2-11H,12H2,1H3,(H,23,27). The summed E-state index contributed by atoms with van der Waals surface area (Å²) in [4.78, 5) is 17.0. The van der Waals surface area contributed by atoms with Crippen molar-refractivity contribution in [2.45, 2.75) is 5.16 Å². The average molecular weight is 400 g/mol. The van der Waals surface area contributed by atoms with E-state index in [2.05, 4.69) is 33.7 Å². The molecule has 1 aliphatic rings. The summed E-state index contributed by atoms with van der Waals surface area (Å²) in [5.74, 6) is 0.636. The smallest absolute Gasteiger partial charge is 0.234 e. The van der Waals surface area contributed by atoms with E-state index in [4.69, 9.17) is 9.72 Å². The Bertz CT molecular complexity index is 1250. The van der Waals surface area contributed by atoms with Crippen LogP contribution in [0, 0.1) is 0 Å². The maximum absolute atomic E-state index is 12.4. The van der Waals surface area contributed by atoms with Crippen LogP contribution in [-0.4, -0.2) is 34.0 Å². The molecule has 7 heteroatoms. The van der Waals surface area contributed by atoms with Crippen molar-refractivity contribution in [2.24, 2.45) is 0 Å². The third kappa shape index (κ3) is 3.09. The summed E-state index contributed by atoms with van der Waals surface area (Å²) in [5.41, 5.74) is 4.36. The van der Waals surface area contributed by atoms with Crippen LogP contribution >= 0.6 is 11.8 Å². The van der Waals surface area contributed by atoms with Gasteiger partial charge in [-0.1, -0.05) is 60.3 Å². The number of hydrogen-bond acceptors (Lipinski definition) is 6. The number of nitrogens with zero attached hydrogens (tertiary/aromatic N) is 3. The fourth-order valence-electron chi connectivity index (χ4n) is 3.54. The first-order valence-electron chi connectivity index (χ1n) is 9.07. The van der Waals surface area contributed by atoms with Gasteiger partial charge in [-0.05, 0) is 17.5 Å². The molecule has 0 fully saturated rings. The van der Waals surface area contributed by atoms with E-state index in [1.54, 1.807) is 19.2 Å². The van der Waals surface area contributed by atoms with Crippen LogP contribution in [0.3, 0.4) is 0 Å². The van der Waals surface area contributed by atoms with Crippen molar-refractivity contribution >= 4 is 34.1 Å². The Kier molecular flexibility index (Phi) is 4.37. The van der Waals surface area contributed by atoms with E-state index in [1.165, 1.54) is 11.8 Å². The van der Waals surface area contributed by atoms with Gasteiger partial charge >= 0.3 is 0 Å². The lowest BCUT2D eigenvalue weighted by atomic mass is 10.0. The molecule has 0 atom stereocenters. The molecule has 0 saturated carbocycles. The Morgan fingerprint density at radius 1 is 0.966 bits per heavy atom. The van der Waals surface area contributed by atoms with E-state index in [0.717, 1.165) is 33.3 Å². The van der Waals surface area contributed by atoms with Crippen LogP contribution in [0.15, 0.2) is 65.8 Å². The molecule has 1 amide bonds. The van der Waals surface area contributed by atoms with Crippen molar-refractivity contribution in [3.05, 3.63) is 60.7 Å². The number of thioether (sulfide) groups is 1. The van der Waals surface area contributed by atoms with Crippen LogP contribution in [0.4, 0.5) is 5.69 Å². The molecule has 0 radical (unpaired) electrons. The van der Waals surface area contributed by atoms with E-state index >= 15 is 0 Å². The first-order chi connectivity index (χ1) is 14.2. The van der Waals surface area contributed by atoms with Gasteiger partial charge in [0, 0.05) is 16.5 Å². The van der Waals surface area contributed by atoms with Crippen molar-refractivity contribution in [3.8, 4) is 28.3 Å². The zero-order chi connectivity index (χ0) is 19.8. The molecule has 1 heterocycles. The summed E-state index contributed by atoms with van der Waals surface area (Å²) < 4.78 is 5.26. The van der Waals surface area contributed by atoms with Gasteiger partial charge in [-0.3, -0.25) is 4.79 Å². The topological polar surface area (TPSA) is 77.0 Å². The highest BCUT2D eigenvalue weighted by atomic mass is 32.2. The molecular weight excluding hydrogens is 384 g/mol. The number of carbonyl (C=O) groups excluding carboxylic acids is 1. The van der Waals surface area contributed by atoms with Gasteiger partial charge in [0.25, 0.3) is 0 Å². The molecule has 0 aliphatic heterocycles. The number of carbonyl (C=O) groups is 1. The number of anilines is 1. The molecule has 0 spiro atoms. The van der Waals surface area contributed by atoms with Crippen molar-refractivity contribution in [1.82, 2.24) is 15.2 Å². The zero-order valence-corrected chi connectivity index (χ0v) is 16.4. The van der Waals surface area contributed by atoms with Crippen LogP contribution < -0.4 is 10.1 Å². The molecule has 3 aromatic carbocycles. The van der Waals surface area contributed by atoms with Gasteiger partial charge < -0.3 is 10.1 Å². The molecule has 1 aromatic heterocycles. The molecule has 29 heavy (non-hydrogen) atoms. The number of para-hydroxylation sites is 2. The van der Waals surface area contributed by atoms with Crippen LogP contribution in [0.25, 0.3) is 33.3 Å². The number of hydrogen-bond donors (Lipinski definition) is 1. The Morgan fingerprint density at radius 2 is 1.72 bits per heavy atom. The Hall–Kier alpha value is -3.45. The predicted octanol–water partition coefficient (Wildman–Crippen LogP) is 4.41. The van der Waals surface area contributed by atoms with E-state index in [-0.39, 0.29) is 11.7 Å². The molecule has 4 aromatic rings. The fourth-order valence-corrected chi connectivity index (χ4v) is 4.13. The van der Waals surface area contributed by atoms with Gasteiger partial charge in [-0.25, -0.2) is 4.98 Å². The summed E-state index contributed by atoms with van der Waals surface area (Å²) in [5, 5.41) is 14.3. The molecule has 5 rings (SSSR count). The monoisotopic (exact) mass is 400 g/mol. The van der Waals surface area contributed by atoms with Crippen LogP contribution in [0.1, 0.15) is 0 Å². The lowest BCUT2D eigenvalue weighted by molar-refractivity contribution is -0.113. The predicted molar refractivity (Wildman–Crippen MR) is 114 cm³/mol. The van der Waals surface area contributed by atoms with Gasteiger partial charge in [-0.2, -0.15) is 0 Å². The molecule has 0 unspecified atom stereocenters. The SMILES string of the molecule is COc1ccccc1NC(=O)CSc1nnc2c(n1)-c1cccc3cccc-2c13. The summed E-state index contributed by atoms with van der Waals surface area (Å²) >= 11 is 1.26. The summed E-state index contributed by atoms with van der Waals surface area (Å²) in [6.07, 6.45) is 0. The average Bonchev–Trinajstić information content (AvgIpc) is 3.08. The first kappa shape index (κ1) is 17.6. The normalized spacial score (nSPS) is 11.3. The molecule has 6 nitrogen and oxygen atoms in total. The highest BCUT2D eigenvalue weighted by Crippen LogP contribution is 2.44. The Morgan fingerprint density at radius 3 is 2.52 bits per heavy atom. The minimum absolute atomic E-state index is 0.158. The van der Waals surface area contributed by atoms with E-state index < -0.39 is 0 Å². The second kappa shape index (κ2) is 7.18. The number of fused-ring (bicyclic) bond motifs is 3. The third-order valence-corrected chi connectivity index (χ3v) is 5.63. The maximum Gasteiger partial charge on any atom is 0.234 e. The minimum atomic E-state index is -0.158. The van der Waals surface area contributed by atoms with Gasteiger partial charge in [0.15, 0.2) is 0 Å². The maximum atomic E-state index is 12.4. The van der Waals surface area contributed by atoms with Crippen LogP contribution in [-0.2, 0) is 4.79 Å². The molecule has 1 N–H and O–H groups in total. The van der Waals surface area contributed by atoms with Crippen LogP contribution in [0.5, 0.6) is 5.75 Å². The van der Waals surface area contributed by atoms with Crippen LogP contribution in [0.2, 0.25) is 0 Å². The van der Waals surface area contributed by atoms with Crippen molar-refractivity contribution in [2.75, 3.05) is 18.2 Å². The van der Waals surface area contributed by atoms with Gasteiger partial charge in [0.1, 0.15) is 17.1 Å². The van der Waals surface area contributed by atoms with E-state index in [9.17, 15) is 4.79 Å². The van der Waals surface area contributed by atoms with Crippen molar-refractivity contribution in [3.63, 3.8) is 0 Å². The first-order valence-corrected chi connectivity index (χ1v) is 10.1. The lowest BCUT2D eigenvalue weighted by Crippen LogP contribution is -2.15. The molecular formula is C22H16N4O2S. The number of methoxy groups -OCH3 is 1. The number of amides is 1. The summed E-state index contributed by atoms with van der Waals surface area (Å²) in [7, 11) is 1.57. The van der Waals surface area contributed by atoms with Crippen molar-refractivity contribution in [1.29, 1.82) is 0 Å².